The molecule has 0 radical (unpaired) electrons. The second-order valence-electron chi connectivity index (χ2n) is 8.65. The number of hydrogen-bond donors (Lipinski definition) is 0. The van der Waals surface area contributed by atoms with E-state index in [9.17, 15) is 13.2 Å². The minimum absolute atomic E-state index is 0.168. The van der Waals surface area contributed by atoms with Crippen LogP contribution in [0.4, 0.5) is 0 Å². The molecule has 0 N–H and O–H groups in total. The summed E-state index contributed by atoms with van der Waals surface area (Å²) in [6, 6.07) is 22.7. The Labute approximate surface area is 205 Å². The smallest absolute Gasteiger partial charge is 0.309 e. The summed E-state index contributed by atoms with van der Waals surface area (Å²) in [5.74, 6) is 0.387. The third-order valence-electron chi connectivity index (χ3n) is 6.38. The van der Waals surface area contributed by atoms with Crippen LogP contribution in [-0.2, 0) is 26.2 Å². The van der Waals surface area contributed by atoms with Gasteiger partial charge in [-0.05, 0) is 41.7 Å². The SMILES string of the molecule is O=C(OCc1ccc(-c2ccccc2)cc1)C1CCN(S(=O)(=O)c2ccc3c(c2)OCCO3)CC1. The second-order valence-corrected chi connectivity index (χ2v) is 10.6. The van der Waals surface area contributed by atoms with Crippen molar-refractivity contribution in [2.24, 2.45) is 5.92 Å². The molecule has 2 aliphatic rings. The molecule has 1 fully saturated rings. The van der Waals surface area contributed by atoms with Gasteiger partial charge in [0.15, 0.2) is 11.5 Å². The van der Waals surface area contributed by atoms with E-state index in [0.717, 1.165) is 16.7 Å². The summed E-state index contributed by atoms with van der Waals surface area (Å²) >= 11 is 0. The number of ether oxygens (including phenoxy) is 3. The van der Waals surface area contributed by atoms with E-state index < -0.39 is 10.0 Å². The minimum atomic E-state index is -3.68. The maximum Gasteiger partial charge on any atom is 0.309 e. The molecule has 0 aliphatic carbocycles. The van der Waals surface area contributed by atoms with Crippen LogP contribution in [0.5, 0.6) is 11.5 Å². The highest BCUT2D eigenvalue weighted by Gasteiger charge is 2.33. The van der Waals surface area contributed by atoms with Crippen LogP contribution in [0.3, 0.4) is 0 Å². The topological polar surface area (TPSA) is 82.1 Å². The average molecular weight is 494 g/mol. The first-order valence-electron chi connectivity index (χ1n) is 11.7. The second kappa shape index (κ2) is 10.1. The number of esters is 1. The quantitative estimate of drug-likeness (QED) is 0.477. The van der Waals surface area contributed by atoms with Gasteiger partial charge < -0.3 is 14.2 Å². The van der Waals surface area contributed by atoms with E-state index in [0.29, 0.717) is 37.6 Å². The highest BCUT2D eigenvalue weighted by atomic mass is 32.2. The van der Waals surface area contributed by atoms with Crippen molar-refractivity contribution in [3.8, 4) is 22.6 Å². The molecule has 2 aliphatic heterocycles. The van der Waals surface area contributed by atoms with Gasteiger partial charge in [-0.15, -0.1) is 0 Å². The lowest BCUT2D eigenvalue weighted by atomic mass is 9.98. The Morgan fingerprint density at radius 2 is 1.51 bits per heavy atom. The summed E-state index contributed by atoms with van der Waals surface area (Å²) < 4.78 is 44.2. The van der Waals surface area contributed by atoms with Crippen molar-refractivity contribution in [1.82, 2.24) is 4.31 Å². The van der Waals surface area contributed by atoms with E-state index >= 15 is 0 Å². The van der Waals surface area contributed by atoms with Gasteiger partial charge >= 0.3 is 5.97 Å². The van der Waals surface area contributed by atoms with Crippen molar-refractivity contribution >= 4 is 16.0 Å². The molecule has 7 nitrogen and oxygen atoms in total. The fraction of sp³-hybridized carbons (Fsp3) is 0.296. The molecule has 1 saturated heterocycles. The predicted octanol–water partition coefficient (Wildman–Crippen LogP) is 4.27. The van der Waals surface area contributed by atoms with Crippen molar-refractivity contribution in [3.63, 3.8) is 0 Å². The molecule has 0 unspecified atom stereocenters. The molecule has 0 bridgehead atoms. The Morgan fingerprint density at radius 1 is 0.857 bits per heavy atom. The number of benzene rings is 3. The number of fused-ring (bicyclic) bond motifs is 1. The maximum absolute atomic E-state index is 13.1. The van der Waals surface area contributed by atoms with Crippen LogP contribution in [0.2, 0.25) is 0 Å². The number of sulfonamides is 1. The first-order valence-corrected chi connectivity index (χ1v) is 13.2. The third kappa shape index (κ3) is 5.18. The molecule has 182 valence electrons. The lowest BCUT2D eigenvalue weighted by Gasteiger charge is -2.30. The zero-order valence-corrected chi connectivity index (χ0v) is 20.1. The van der Waals surface area contributed by atoms with Crippen LogP contribution in [-0.4, -0.2) is 45.0 Å². The highest BCUT2D eigenvalue weighted by molar-refractivity contribution is 7.89. The van der Waals surface area contributed by atoms with Crippen molar-refractivity contribution < 1.29 is 27.4 Å². The molecule has 2 heterocycles. The fourth-order valence-corrected chi connectivity index (χ4v) is 5.85. The number of carbonyl (C=O) groups excluding carboxylic acids is 1. The number of carbonyl (C=O) groups is 1. The molecular weight excluding hydrogens is 466 g/mol. The van der Waals surface area contributed by atoms with Crippen LogP contribution < -0.4 is 9.47 Å². The van der Waals surface area contributed by atoms with Gasteiger partial charge in [-0.3, -0.25) is 4.79 Å². The van der Waals surface area contributed by atoms with Gasteiger partial charge in [0.05, 0.1) is 10.8 Å². The van der Waals surface area contributed by atoms with E-state index in [1.807, 2.05) is 42.5 Å². The van der Waals surface area contributed by atoms with E-state index in [-0.39, 0.29) is 36.5 Å². The monoisotopic (exact) mass is 493 g/mol. The van der Waals surface area contributed by atoms with Crippen molar-refractivity contribution in [2.75, 3.05) is 26.3 Å². The molecule has 3 aromatic rings. The average Bonchev–Trinajstić information content (AvgIpc) is 2.92. The van der Waals surface area contributed by atoms with Crippen LogP contribution in [0.15, 0.2) is 77.7 Å². The van der Waals surface area contributed by atoms with Crippen molar-refractivity contribution in [2.45, 2.75) is 24.3 Å². The van der Waals surface area contributed by atoms with Gasteiger partial charge in [0.2, 0.25) is 10.0 Å². The molecule has 35 heavy (non-hydrogen) atoms. The van der Waals surface area contributed by atoms with Crippen molar-refractivity contribution in [3.05, 3.63) is 78.4 Å². The normalized spacial score (nSPS) is 16.6. The van der Waals surface area contributed by atoms with Crippen LogP contribution in [0.25, 0.3) is 11.1 Å². The van der Waals surface area contributed by atoms with Gasteiger partial charge in [-0.25, -0.2) is 8.42 Å². The molecule has 0 saturated carbocycles. The molecule has 0 amide bonds. The summed E-state index contributed by atoms with van der Waals surface area (Å²) in [5.41, 5.74) is 3.15. The zero-order valence-electron chi connectivity index (χ0n) is 19.3. The first-order chi connectivity index (χ1) is 17.0. The van der Waals surface area contributed by atoms with Crippen LogP contribution in [0.1, 0.15) is 18.4 Å². The third-order valence-corrected chi connectivity index (χ3v) is 8.28. The summed E-state index contributed by atoms with van der Waals surface area (Å²) in [6.45, 7) is 1.57. The largest absolute Gasteiger partial charge is 0.486 e. The van der Waals surface area contributed by atoms with Gasteiger partial charge in [-0.2, -0.15) is 4.31 Å². The lowest BCUT2D eigenvalue weighted by molar-refractivity contribution is -0.151. The molecule has 0 spiro atoms. The minimum Gasteiger partial charge on any atom is -0.486 e. The predicted molar refractivity (Wildman–Crippen MR) is 131 cm³/mol. The Hall–Kier alpha value is -3.36. The lowest BCUT2D eigenvalue weighted by Crippen LogP contribution is -2.40. The molecule has 5 rings (SSSR count). The Kier molecular flexibility index (Phi) is 6.74. The molecule has 0 aromatic heterocycles. The Morgan fingerprint density at radius 3 is 2.23 bits per heavy atom. The summed E-state index contributed by atoms with van der Waals surface area (Å²) in [6.07, 6.45) is 0.852. The van der Waals surface area contributed by atoms with E-state index in [4.69, 9.17) is 14.2 Å². The summed E-state index contributed by atoms with van der Waals surface area (Å²) in [7, 11) is -3.68. The van der Waals surface area contributed by atoms with E-state index in [2.05, 4.69) is 12.1 Å². The van der Waals surface area contributed by atoms with Gasteiger partial charge in [0, 0.05) is 19.2 Å². The van der Waals surface area contributed by atoms with Gasteiger partial charge in [0.25, 0.3) is 0 Å². The maximum atomic E-state index is 13.1. The molecule has 0 atom stereocenters. The standard InChI is InChI=1S/C27H27NO6S/c29-27(34-19-20-6-8-22(9-7-20)21-4-2-1-3-5-21)23-12-14-28(15-13-23)35(30,31)24-10-11-25-26(18-24)33-17-16-32-25/h1-11,18,23H,12-17,19H2. The molecule has 3 aromatic carbocycles. The van der Waals surface area contributed by atoms with Crippen LogP contribution in [0, 0.1) is 5.92 Å². The number of rotatable bonds is 6. The fourth-order valence-electron chi connectivity index (χ4n) is 4.36. The van der Waals surface area contributed by atoms with Gasteiger partial charge in [0.1, 0.15) is 19.8 Å². The van der Waals surface area contributed by atoms with Crippen LogP contribution >= 0.6 is 0 Å². The number of nitrogens with zero attached hydrogens (tertiary/aromatic N) is 1. The van der Waals surface area contributed by atoms with E-state index in [1.165, 1.54) is 16.4 Å². The molecular formula is C27H27NO6S. The van der Waals surface area contributed by atoms with E-state index in [1.54, 1.807) is 6.07 Å². The summed E-state index contributed by atoms with van der Waals surface area (Å²) in [4.78, 5) is 12.8. The molecule has 8 heteroatoms. The highest BCUT2D eigenvalue weighted by Crippen LogP contribution is 2.34. The zero-order chi connectivity index (χ0) is 24.3. The van der Waals surface area contributed by atoms with Crippen molar-refractivity contribution in [1.29, 1.82) is 0 Å². The number of piperidine rings is 1. The Bertz CT molecular complexity index is 1280. The van der Waals surface area contributed by atoms with Gasteiger partial charge in [-0.1, -0.05) is 54.6 Å². The first kappa shape index (κ1) is 23.4. The number of hydrogen-bond acceptors (Lipinski definition) is 6. The summed E-state index contributed by atoms with van der Waals surface area (Å²) in [5, 5.41) is 0. The Balaban J connectivity index is 1.14.